The Morgan fingerprint density at radius 3 is 2.41 bits per heavy atom. The van der Waals surface area contributed by atoms with Crippen LogP contribution in [0.1, 0.15) is 30.5 Å². The maximum Gasteiger partial charge on any atom is 0.363 e. The van der Waals surface area contributed by atoms with Gasteiger partial charge in [0.1, 0.15) is 0 Å². The van der Waals surface area contributed by atoms with Crippen molar-refractivity contribution in [2.45, 2.75) is 13.8 Å². The van der Waals surface area contributed by atoms with Gasteiger partial charge in [0.05, 0.1) is 22.6 Å². The molecule has 0 fully saturated rings. The molecule has 0 radical (unpaired) electrons. The lowest BCUT2D eigenvalue weighted by molar-refractivity contribution is -0.384. The molecule has 3 aromatic rings. The number of nitrogens with zero attached hydrogens (tertiary/aromatic N) is 2. The first kappa shape index (κ1) is 29.7. The largest absolute Gasteiger partial charge is 0.490 e. The van der Waals surface area contributed by atoms with Crippen LogP contribution in [-0.4, -0.2) is 36.0 Å². The summed E-state index contributed by atoms with van der Waals surface area (Å²) in [5.74, 6) is -0.0961. The third-order valence-corrected chi connectivity index (χ3v) is 6.51. The Bertz CT molecular complexity index is 1600. The van der Waals surface area contributed by atoms with E-state index < -0.39 is 16.9 Å². The smallest absolute Gasteiger partial charge is 0.363 e. The van der Waals surface area contributed by atoms with Gasteiger partial charge >= 0.3 is 11.9 Å². The number of carbonyl (C=O) groups is 2. The van der Waals surface area contributed by atoms with E-state index in [1.165, 1.54) is 42.5 Å². The highest BCUT2D eigenvalue weighted by Gasteiger charge is 2.26. The third kappa shape index (κ3) is 7.47. The molecule has 0 spiro atoms. The van der Waals surface area contributed by atoms with Crippen LogP contribution in [-0.2, 0) is 14.3 Å². The van der Waals surface area contributed by atoms with Crippen LogP contribution in [0.2, 0.25) is 0 Å². The van der Waals surface area contributed by atoms with Gasteiger partial charge < -0.3 is 18.9 Å². The Kier molecular flexibility index (Phi) is 9.69. The van der Waals surface area contributed by atoms with E-state index in [0.717, 1.165) is 0 Å². The molecule has 1 aliphatic rings. The second-order valence-corrected chi connectivity index (χ2v) is 10.0. The van der Waals surface area contributed by atoms with Crippen LogP contribution >= 0.6 is 31.9 Å². The molecule has 1 heterocycles. The van der Waals surface area contributed by atoms with Crippen molar-refractivity contribution in [2.24, 2.45) is 4.99 Å². The minimum Gasteiger partial charge on any atom is -0.490 e. The zero-order valence-electron chi connectivity index (χ0n) is 21.8. The average molecular weight is 686 g/mol. The number of cyclic esters (lactones) is 1. The summed E-state index contributed by atoms with van der Waals surface area (Å²) in [6, 6.07) is 14.1. The van der Waals surface area contributed by atoms with E-state index in [1.54, 1.807) is 30.3 Å². The Morgan fingerprint density at radius 2 is 1.73 bits per heavy atom. The van der Waals surface area contributed by atoms with Crippen LogP contribution in [0.4, 0.5) is 5.69 Å². The highest BCUT2D eigenvalue weighted by atomic mass is 79.9. The number of aliphatic imine (C=N–C) groups is 1. The van der Waals surface area contributed by atoms with Crippen molar-refractivity contribution < 1.29 is 33.5 Å². The van der Waals surface area contributed by atoms with Crippen LogP contribution < -0.4 is 14.2 Å². The first-order chi connectivity index (χ1) is 19.7. The van der Waals surface area contributed by atoms with Gasteiger partial charge in [-0.2, -0.15) is 0 Å². The van der Waals surface area contributed by atoms with Crippen LogP contribution in [0.3, 0.4) is 0 Å². The van der Waals surface area contributed by atoms with E-state index in [4.69, 9.17) is 18.9 Å². The summed E-state index contributed by atoms with van der Waals surface area (Å²) >= 11 is 6.80. The number of nitro benzene ring substituents is 1. The summed E-state index contributed by atoms with van der Waals surface area (Å²) in [5.41, 5.74) is 1.40. The zero-order chi connectivity index (χ0) is 29.5. The van der Waals surface area contributed by atoms with E-state index in [1.807, 2.05) is 13.8 Å². The predicted octanol–water partition coefficient (Wildman–Crippen LogP) is 6.88. The average Bonchev–Trinajstić information content (AvgIpc) is 3.30. The molecule has 210 valence electrons. The molecule has 0 unspecified atom stereocenters. The third-order valence-electron chi connectivity index (χ3n) is 5.46. The first-order valence-electron chi connectivity index (χ1n) is 12.2. The van der Waals surface area contributed by atoms with E-state index in [9.17, 15) is 19.7 Å². The highest BCUT2D eigenvalue weighted by molar-refractivity contribution is 9.11. The van der Waals surface area contributed by atoms with Crippen molar-refractivity contribution in [1.82, 2.24) is 0 Å². The summed E-state index contributed by atoms with van der Waals surface area (Å²) in [7, 11) is 0. The lowest BCUT2D eigenvalue weighted by Crippen LogP contribution is -2.07. The van der Waals surface area contributed by atoms with Gasteiger partial charge in [0.15, 0.2) is 22.9 Å². The van der Waals surface area contributed by atoms with Crippen molar-refractivity contribution in [1.29, 1.82) is 0 Å². The molecular weight excluding hydrogens is 664 g/mol. The van der Waals surface area contributed by atoms with Crippen LogP contribution in [0.25, 0.3) is 12.2 Å². The molecule has 0 amide bonds. The Hall–Kier alpha value is -4.29. The van der Waals surface area contributed by atoms with Crippen molar-refractivity contribution in [3.8, 4) is 17.2 Å². The highest BCUT2D eigenvalue weighted by Crippen LogP contribution is 2.36. The van der Waals surface area contributed by atoms with Crippen LogP contribution in [0.5, 0.6) is 17.2 Å². The Morgan fingerprint density at radius 1 is 1.02 bits per heavy atom. The number of ether oxygens (including phenoxy) is 4. The Balaban J connectivity index is 1.60. The van der Waals surface area contributed by atoms with Gasteiger partial charge in [-0.05, 0) is 90.0 Å². The Labute approximate surface area is 251 Å². The number of benzene rings is 3. The predicted molar refractivity (Wildman–Crippen MR) is 159 cm³/mol. The van der Waals surface area contributed by atoms with E-state index in [0.29, 0.717) is 50.3 Å². The second kappa shape index (κ2) is 13.4. The van der Waals surface area contributed by atoms with Gasteiger partial charge in [-0.1, -0.05) is 15.9 Å². The zero-order valence-corrected chi connectivity index (χ0v) is 24.9. The molecule has 4 rings (SSSR count). The molecule has 0 atom stereocenters. The minimum atomic E-state index is -0.706. The molecule has 1 aliphatic heterocycles. The van der Waals surface area contributed by atoms with Crippen LogP contribution in [0.15, 0.2) is 80.3 Å². The quantitative estimate of drug-likeness (QED) is 0.0743. The van der Waals surface area contributed by atoms with Gasteiger partial charge in [-0.25, -0.2) is 14.6 Å². The number of esters is 2. The van der Waals surface area contributed by atoms with Crippen molar-refractivity contribution in [2.75, 3.05) is 13.2 Å². The molecule has 3 aromatic carbocycles. The topological polar surface area (TPSA) is 127 Å². The van der Waals surface area contributed by atoms with Crippen molar-refractivity contribution >= 4 is 67.5 Å². The number of rotatable bonds is 10. The molecule has 0 aromatic heterocycles. The summed E-state index contributed by atoms with van der Waals surface area (Å²) in [5, 5.41) is 10.8. The maximum atomic E-state index is 12.7. The van der Waals surface area contributed by atoms with Gasteiger partial charge in [-0.15, -0.1) is 0 Å². The molecule has 0 saturated heterocycles. The monoisotopic (exact) mass is 684 g/mol. The number of hydrogen-bond acceptors (Lipinski definition) is 9. The molecule has 41 heavy (non-hydrogen) atoms. The van der Waals surface area contributed by atoms with E-state index in [-0.39, 0.29) is 23.0 Å². The normalized spacial score (nSPS) is 13.7. The number of halogens is 2. The summed E-state index contributed by atoms with van der Waals surface area (Å²) in [4.78, 5) is 40.0. The second-order valence-electron chi connectivity index (χ2n) is 8.27. The molecule has 0 N–H and O–H groups in total. The van der Waals surface area contributed by atoms with Gasteiger partial charge in [0.25, 0.3) is 5.69 Å². The summed E-state index contributed by atoms with van der Waals surface area (Å²) in [6.45, 7) is 4.60. The summed E-state index contributed by atoms with van der Waals surface area (Å²) in [6.07, 6.45) is 4.11. The number of non-ortho nitro benzene ring substituents is 1. The summed E-state index contributed by atoms with van der Waals surface area (Å²) < 4.78 is 23.3. The number of carbonyl (C=O) groups excluding carboxylic acids is 2. The molecule has 12 heteroatoms. The van der Waals surface area contributed by atoms with Crippen LogP contribution in [0, 0.1) is 10.1 Å². The van der Waals surface area contributed by atoms with Gasteiger partial charge in [0, 0.05) is 33.8 Å². The fourth-order valence-electron chi connectivity index (χ4n) is 3.67. The standard InChI is InChI=1S/C29H22Br2N2O8/c1-3-38-24-11-8-18(15-25(24)39-4-2)28-32-23(29(35)41-28)14-19-13-20(30)16-22(31)27(19)40-26(34)12-7-17-5-9-21(10-6-17)33(36)37/h5-16H,3-4H2,1-2H3/b12-7+,23-14-. The fourth-order valence-corrected chi connectivity index (χ4v) is 5.00. The number of nitro groups is 1. The molecule has 10 nitrogen and oxygen atoms in total. The van der Waals surface area contributed by atoms with Crippen molar-refractivity contribution in [3.63, 3.8) is 0 Å². The fraction of sp³-hybridized carbons (Fsp3) is 0.138. The SMILES string of the molecule is CCOc1ccc(C2=N/C(=C\c3cc(Br)cc(Br)c3OC(=O)/C=C/c3ccc([N+](=O)[O-])cc3)C(=O)O2)cc1OCC. The lowest BCUT2D eigenvalue weighted by Gasteiger charge is -2.11. The van der Waals surface area contributed by atoms with Gasteiger partial charge in [0.2, 0.25) is 5.90 Å². The molecule has 0 saturated carbocycles. The van der Waals surface area contributed by atoms with Crippen molar-refractivity contribution in [3.05, 3.63) is 102 Å². The maximum absolute atomic E-state index is 12.7. The first-order valence-corrected chi connectivity index (χ1v) is 13.8. The van der Waals surface area contributed by atoms with E-state index in [2.05, 4.69) is 36.9 Å². The molecular formula is C29H22Br2N2O8. The molecule has 0 aliphatic carbocycles. The van der Waals surface area contributed by atoms with Gasteiger partial charge in [-0.3, -0.25) is 10.1 Å². The minimum absolute atomic E-state index is 0.00411. The number of hydrogen-bond donors (Lipinski definition) is 0. The van der Waals surface area contributed by atoms with E-state index >= 15 is 0 Å². The molecule has 0 bridgehead atoms. The lowest BCUT2D eigenvalue weighted by atomic mass is 10.1.